The fourth-order valence-electron chi connectivity index (χ4n) is 3.99. The van der Waals surface area contributed by atoms with Crippen molar-refractivity contribution < 1.29 is 32.2 Å². The van der Waals surface area contributed by atoms with Gasteiger partial charge in [-0.05, 0) is 24.3 Å². The van der Waals surface area contributed by atoms with Gasteiger partial charge in [0, 0.05) is 32.0 Å². The number of carbonyl (C=O) groups excluding carboxylic acids is 2. The first-order valence-corrected chi connectivity index (χ1v) is 9.83. The monoisotopic (exact) mass is 434 g/mol. The van der Waals surface area contributed by atoms with E-state index in [0.29, 0.717) is 29.9 Å². The molecule has 0 atom stereocenters. The van der Waals surface area contributed by atoms with Crippen molar-refractivity contribution in [2.75, 3.05) is 26.7 Å². The number of nitrogens with one attached hydrogen (secondary N) is 1. The molecule has 0 radical (unpaired) electrons. The molecule has 2 aliphatic heterocycles. The Morgan fingerprint density at radius 1 is 1.16 bits per heavy atom. The van der Waals surface area contributed by atoms with Gasteiger partial charge in [-0.2, -0.15) is 13.2 Å². The van der Waals surface area contributed by atoms with Crippen LogP contribution < -0.4 is 14.8 Å². The Morgan fingerprint density at radius 2 is 1.87 bits per heavy atom. The van der Waals surface area contributed by atoms with E-state index in [1.165, 1.54) is 30.2 Å². The molecule has 1 N–H and O–H groups in total. The first kappa shape index (κ1) is 21.0. The molecule has 0 aromatic heterocycles. The molecule has 1 fully saturated rings. The van der Waals surface area contributed by atoms with E-state index in [4.69, 9.17) is 9.47 Å². The molecule has 2 aliphatic rings. The number of carbonyl (C=O) groups is 2. The molecule has 0 unspecified atom stereocenters. The number of fused-ring (bicyclic) bond motifs is 1. The van der Waals surface area contributed by atoms with Crippen molar-refractivity contribution in [3.63, 3.8) is 0 Å². The summed E-state index contributed by atoms with van der Waals surface area (Å²) in [6.45, 7) is 0.657. The van der Waals surface area contributed by atoms with Crippen molar-refractivity contribution >= 4 is 11.8 Å². The van der Waals surface area contributed by atoms with Crippen LogP contribution in [0.15, 0.2) is 42.5 Å². The van der Waals surface area contributed by atoms with Crippen molar-refractivity contribution in [3.8, 4) is 11.5 Å². The minimum absolute atomic E-state index is 0.209. The third-order valence-corrected chi connectivity index (χ3v) is 5.76. The Hall–Kier alpha value is -3.23. The van der Waals surface area contributed by atoms with E-state index in [9.17, 15) is 22.8 Å². The summed E-state index contributed by atoms with van der Waals surface area (Å²) in [6, 6.07) is 9.71. The summed E-state index contributed by atoms with van der Waals surface area (Å²) in [6.07, 6.45) is -3.88. The van der Waals surface area contributed by atoms with E-state index in [1.807, 2.05) is 0 Å². The van der Waals surface area contributed by atoms with Crippen LogP contribution in [0.5, 0.6) is 11.5 Å². The van der Waals surface area contributed by atoms with Gasteiger partial charge in [-0.25, -0.2) is 0 Å². The summed E-state index contributed by atoms with van der Waals surface area (Å²) in [5.74, 6) is -0.00819. The van der Waals surface area contributed by atoms with E-state index in [-0.39, 0.29) is 31.1 Å². The van der Waals surface area contributed by atoms with Crippen LogP contribution in [0.3, 0.4) is 0 Å². The van der Waals surface area contributed by atoms with Crippen LogP contribution in [0.4, 0.5) is 13.2 Å². The molecule has 1 saturated heterocycles. The number of halogens is 3. The summed E-state index contributed by atoms with van der Waals surface area (Å²) < 4.78 is 51.4. The lowest BCUT2D eigenvalue weighted by Gasteiger charge is -2.41. The quantitative estimate of drug-likeness (QED) is 0.786. The minimum atomic E-state index is -4.61. The van der Waals surface area contributed by atoms with E-state index in [1.54, 1.807) is 18.2 Å². The topological polar surface area (TPSA) is 67.9 Å². The maximum atomic E-state index is 13.3. The van der Waals surface area contributed by atoms with Crippen molar-refractivity contribution in [3.05, 3.63) is 59.2 Å². The molecular weight excluding hydrogens is 413 g/mol. The number of ether oxygens (including phenoxy) is 2. The SMILES string of the molecule is COc1ccc2c(c1)OC1(CCN(C(=O)c3ccccc3C(F)(F)F)CC1)CNC2=O. The largest absolute Gasteiger partial charge is 0.497 e. The maximum absolute atomic E-state index is 13.3. The Morgan fingerprint density at radius 3 is 2.55 bits per heavy atom. The molecular formula is C22H21F3N2O4. The van der Waals surface area contributed by atoms with Crippen LogP contribution >= 0.6 is 0 Å². The van der Waals surface area contributed by atoms with E-state index < -0.39 is 23.2 Å². The van der Waals surface area contributed by atoms with Crippen molar-refractivity contribution in [2.24, 2.45) is 0 Å². The zero-order valence-corrected chi connectivity index (χ0v) is 16.8. The highest BCUT2D eigenvalue weighted by Gasteiger charge is 2.42. The fourth-order valence-corrected chi connectivity index (χ4v) is 3.99. The van der Waals surface area contributed by atoms with E-state index in [2.05, 4.69) is 5.32 Å². The average molecular weight is 434 g/mol. The van der Waals surface area contributed by atoms with Gasteiger partial charge < -0.3 is 19.7 Å². The highest BCUT2D eigenvalue weighted by molar-refractivity contribution is 5.98. The number of piperidine rings is 1. The van der Waals surface area contributed by atoms with Gasteiger partial charge in [0.15, 0.2) is 0 Å². The van der Waals surface area contributed by atoms with Gasteiger partial charge in [0.25, 0.3) is 11.8 Å². The number of benzene rings is 2. The van der Waals surface area contributed by atoms with Crippen LogP contribution in [-0.4, -0.2) is 49.1 Å². The zero-order valence-electron chi connectivity index (χ0n) is 16.8. The van der Waals surface area contributed by atoms with Gasteiger partial charge >= 0.3 is 6.18 Å². The van der Waals surface area contributed by atoms with Gasteiger partial charge in [0.2, 0.25) is 0 Å². The molecule has 0 saturated carbocycles. The molecule has 164 valence electrons. The number of rotatable bonds is 2. The van der Waals surface area contributed by atoms with Crippen molar-refractivity contribution in [1.29, 1.82) is 0 Å². The summed E-state index contributed by atoms with van der Waals surface area (Å²) in [5, 5.41) is 2.85. The van der Waals surface area contributed by atoms with E-state index in [0.717, 1.165) is 6.07 Å². The molecule has 31 heavy (non-hydrogen) atoms. The number of hydrogen-bond donors (Lipinski definition) is 1. The van der Waals surface area contributed by atoms with Crippen LogP contribution in [-0.2, 0) is 6.18 Å². The van der Waals surface area contributed by atoms with Gasteiger partial charge in [0.1, 0.15) is 17.1 Å². The summed E-state index contributed by atoms with van der Waals surface area (Å²) in [7, 11) is 1.51. The smallest absolute Gasteiger partial charge is 0.417 e. The predicted molar refractivity (Wildman–Crippen MR) is 105 cm³/mol. The van der Waals surface area contributed by atoms with Crippen molar-refractivity contribution in [2.45, 2.75) is 24.6 Å². The molecule has 9 heteroatoms. The fraction of sp³-hybridized carbons (Fsp3) is 0.364. The Balaban J connectivity index is 1.53. The molecule has 4 rings (SSSR count). The molecule has 0 bridgehead atoms. The van der Waals surface area contributed by atoms with Gasteiger partial charge in [-0.15, -0.1) is 0 Å². The highest BCUT2D eigenvalue weighted by Crippen LogP contribution is 2.36. The number of nitrogens with zero attached hydrogens (tertiary/aromatic N) is 1. The second kappa shape index (κ2) is 7.79. The van der Waals surface area contributed by atoms with Gasteiger partial charge in [0.05, 0.1) is 30.3 Å². The van der Waals surface area contributed by atoms with Crippen LogP contribution in [0.2, 0.25) is 0 Å². The van der Waals surface area contributed by atoms with Crippen LogP contribution in [0, 0.1) is 0 Å². The first-order chi connectivity index (χ1) is 14.7. The average Bonchev–Trinajstić information content (AvgIpc) is 2.89. The lowest BCUT2D eigenvalue weighted by atomic mass is 9.90. The normalized spacial score (nSPS) is 17.9. The summed E-state index contributed by atoms with van der Waals surface area (Å²) >= 11 is 0. The Kier molecular flexibility index (Phi) is 5.28. The number of methoxy groups -OCH3 is 1. The highest BCUT2D eigenvalue weighted by atomic mass is 19.4. The third kappa shape index (κ3) is 4.04. The third-order valence-electron chi connectivity index (χ3n) is 5.76. The van der Waals surface area contributed by atoms with Crippen LogP contribution in [0.1, 0.15) is 39.1 Å². The molecule has 2 amide bonds. The molecule has 2 aromatic carbocycles. The van der Waals surface area contributed by atoms with E-state index >= 15 is 0 Å². The van der Waals surface area contributed by atoms with Gasteiger partial charge in [-0.3, -0.25) is 9.59 Å². The Bertz CT molecular complexity index is 1010. The van der Waals surface area contributed by atoms with Crippen molar-refractivity contribution in [1.82, 2.24) is 10.2 Å². The lowest BCUT2D eigenvalue weighted by Crippen LogP contribution is -2.54. The zero-order chi connectivity index (χ0) is 22.2. The number of alkyl halides is 3. The lowest BCUT2D eigenvalue weighted by molar-refractivity contribution is -0.138. The maximum Gasteiger partial charge on any atom is 0.417 e. The number of likely N-dealkylation sites (tertiary alicyclic amines) is 1. The second-order valence-corrected chi connectivity index (χ2v) is 7.67. The van der Waals surface area contributed by atoms with Gasteiger partial charge in [-0.1, -0.05) is 12.1 Å². The van der Waals surface area contributed by atoms with Crippen LogP contribution in [0.25, 0.3) is 0 Å². The Labute approximate surface area is 176 Å². The standard InChI is InChI=1S/C22H21F3N2O4/c1-30-14-6-7-16-18(12-14)31-21(13-26-19(16)28)8-10-27(11-9-21)20(29)15-4-2-3-5-17(15)22(23,24)25/h2-7,12H,8-11,13H2,1H3,(H,26,28). The molecule has 2 heterocycles. The summed E-state index contributed by atoms with van der Waals surface area (Å²) in [4.78, 5) is 26.7. The minimum Gasteiger partial charge on any atom is -0.497 e. The summed E-state index contributed by atoms with van der Waals surface area (Å²) in [5.41, 5.74) is -1.68. The molecule has 1 spiro atoms. The number of hydrogen-bond acceptors (Lipinski definition) is 4. The number of amides is 2. The first-order valence-electron chi connectivity index (χ1n) is 9.83. The molecule has 6 nitrogen and oxygen atoms in total. The molecule has 0 aliphatic carbocycles. The second-order valence-electron chi connectivity index (χ2n) is 7.67. The predicted octanol–water partition coefficient (Wildman–Crippen LogP) is 3.51. The molecule has 2 aromatic rings.